The van der Waals surface area contributed by atoms with Crippen LogP contribution in [0.3, 0.4) is 0 Å². The zero-order valence-electron chi connectivity index (χ0n) is 17.5. The van der Waals surface area contributed by atoms with Gasteiger partial charge in [0.25, 0.3) is 0 Å². The summed E-state index contributed by atoms with van der Waals surface area (Å²) in [6.07, 6.45) is 3.30. The van der Waals surface area contributed by atoms with Gasteiger partial charge >= 0.3 is 6.09 Å². The van der Waals surface area contributed by atoms with E-state index in [-0.39, 0.29) is 24.0 Å². The molecule has 0 aromatic carbocycles. The second-order valence-electron chi connectivity index (χ2n) is 8.15. The van der Waals surface area contributed by atoms with Gasteiger partial charge in [0.2, 0.25) is 0 Å². The highest BCUT2D eigenvalue weighted by molar-refractivity contribution is 14.0. The minimum Gasteiger partial charge on any atom is -0.444 e. The average molecular weight is 494 g/mol. The molecule has 3 N–H and O–H groups in total. The standard InChI is InChI=1S/C18H34N6O2.HI/c1-14(12-24-10-8-9-22-24)11-20-15(19-7)21-13-18(5,6)23-16(25)26-17(2,3)4;/h8-10,14H,11-13H2,1-7H3,(H,23,25)(H2,19,20,21);1H. The van der Waals surface area contributed by atoms with Crippen molar-refractivity contribution < 1.29 is 9.53 Å². The summed E-state index contributed by atoms with van der Waals surface area (Å²) in [5, 5.41) is 13.6. The van der Waals surface area contributed by atoms with E-state index in [0.717, 1.165) is 13.1 Å². The van der Waals surface area contributed by atoms with Crippen LogP contribution in [-0.4, -0.2) is 53.1 Å². The number of halogens is 1. The second-order valence-corrected chi connectivity index (χ2v) is 8.15. The van der Waals surface area contributed by atoms with Crippen molar-refractivity contribution in [3.05, 3.63) is 18.5 Å². The fourth-order valence-electron chi connectivity index (χ4n) is 2.21. The Bertz CT molecular complexity index is 581. The Morgan fingerprint density at radius 2 is 1.93 bits per heavy atom. The van der Waals surface area contributed by atoms with E-state index in [2.05, 4.69) is 33.0 Å². The molecule has 0 saturated heterocycles. The van der Waals surface area contributed by atoms with Crippen LogP contribution in [-0.2, 0) is 11.3 Å². The number of hydrogen-bond acceptors (Lipinski definition) is 4. The van der Waals surface area contributed by atoms with Crippen LogP contribution < -0.4 is 16.0 Å². The number of alkyl carbamates (subject to hydrolysis) is 1. The molecule has 1 heterocycles. The van der Waals surface area contributed by atoms with Crippen molar-refractivity contribution in [3.8, 4) is 0 Å². The molecule has 0 aliphatic heterocycles. The number of nitrogens with one attached hydrogen (secondary N) is 3. The molecule has 1 atom stereocenters. The summed E-state index contributed by atoms with van der Waals surface area (Å²) in [4.78, 5) is 16.2. The molecule has 1 aromatic heterocycles. The van der Waals surface area contributed by atoms with Crippen molar-refractivity contribution in [2.75, 3.05) is 20.1 Å². The minimum atomic E-state index is -0.518. The number of aliphatic imine (C=N–C) groups is 1. The SMILES string of the molecule is CN=C(NCC(C)Cn1cccn1)NCC(C)(C)NC(=O)OC(C)(C)C.I. The molecule has 0 saturated carbocycles. The van der Waals surface area contributed by atoms with E-state index < -0.39 is 17.2 Å². The van der Waals surface area contributed by atoms with E-state index in [0.29, 0.717) is 18.4 Å². The molecule has 8 nitrogen and oxygen atoms in total. The third-order valence-electron chi connectivity index (χ3n) is 3.44. The van der Waals surface area contributed by atoms with Crippen LogP contribution >= 0.6 is 24.0 Å². The topological polar surface area (TPSA) is 92.6 Å². The monoisotopic (exact) mass is 494 g/mol. The van der Waals surface area contributed by atoms with E-state index in [1.165, 1.54) is 0 Å². The molecule has 1 rings (SSSR count). The Balaban J connectivity index is 0.00000676. The van der Waals surface area contributed by atoms with Gasteiger partial charge in [-0.25, -0.2) is 4.79 Å². The van der Waals surface area contributed by atoms with E-state index in [4.69, 9.17) is 4.74 Å². The van der Waals surface area contributed by atoms with Gasteiger partial charge in [0.05, 0.1) is 5.54 Å². The van der Waals surface area contributed by atoms with Gasteiger partial charge in [-0.05, 0) is 46.6 Å². The van der Waals surface area contributed by atoms with Crippen molar-refractivity contribution >= 4 is 36.0 Å². The highest BCUT2D eigenvalue weighted by Gasteiger charge is 2.24. The molecule has 0 radical (unpaired) electrons. The number of carbonyl (C=O) groups excluding carboxylic acids is 1. The molecular weight excluding hydrogens is 459 g/mol. The molecule has 1 unspecified atom stereocenters. The van der Waals surface area contributed by atoms with Gasteiger partial charge in [-0.3, -0.25) is 9.67 Å². The Morgan fingerprint density at radius 1 is 1.26 bits per heavy atom. The van der Waals surface area contributed by atoms with Crippen LogP contribution in [0.1, 0.15) is 41.5 Å². The Kier molecular flexibility index (Phi) is 10.7. The molecule has 0 aliphatic rings. The number of guanidine groups is 1. The van der Waals surface area contributed by atoms with Crippen molar-refractivity contribution in [1.82, 2.24) is 25.7 Å². The molecule has 0 aliphatic carbocycles. The van der Waals surface area contributed by atoms with Crippen LogP contribution in [0, 0.1) is 5.92 Å². The van der Waals surface area contributed by atoms with Gasteiger partial charge in [-0.15, -0.1) is 24.0 Å². The largest absolute Gasteiger partial charge is 0.444 e. The fourth-order valence-corrected chi connectivity index (χ4v) is 2.21. The Morgan fingerprint density at radius 3 is 2.44 bits per heavy atom. The summed E-state index contributed by atoms with van der Waals surface area (Å²) >= 11 is 0. The summed E-state index contributed by atoms with van der Waals surface area (Å²) in [6.45, 7) is 13.6. The Labute approximate surface area is 179 Å². The summed E-state index contributed by atoms with van der Waals surface area (Å²) in [6, 6.07) is 1.92. The van der Waals surface area contributed by atoms with Gasteiger partial charge in [0.15, 0.2) is 5.96 Å². The predicted octanol–water partition coefficient (Wildman–Crippen LogP) is 2.61. The van der Waals surface area contributed by atoms with Crippen molar-refractivity contribution in [2.45, 2.75) is 59.2 Å². The third-order valence-corrected chi connectivity index (χ3v) is 3.44. The molecule has 27 heavy (non-hydrogen) atoms. The first-order chi connectivity index (χ1) is 12.0. The highest BCUT2D eigenvalue weighted by atomic mass is 127. The van der Waals surface area contributed by atoms with Gasteiger partial charge < -0.3 is 20.7 Å². The van der Waals surface area contributed by atoms with Crippen LogP contribution in [0.5, 0.6) is 0 Å². The second kappa shape index (κ2) is 11.4. The smallest absolute Gasteiger partial charge is 0.408 e. The van der Waals surface area contributed by atoms with Gasteiger partial charge in [-0.2, -0.15) is 5.10 Å². The maximum absolute atomic E-state index is 11.9. The molecular formula is C18H35IN6O2. The molecule has 0 fully saturated rings. The molecule has 156 valence electrons. The van der Waals surface area contributed by atoms with E-state index in [1.54, 1.807) is 13.2 Å². The van der Waals surface area contributed by atoms with Crippen LogP contribution in [0.4, 0.5) is 4.79 Å². The first-order valence-corrected chi connectivity index (χ1v) is 8.94. The van der Waals surface area contributed by atoms with Gasteiger partial charge in [-0.1, -0.05) is 6.92 Å². The number of hydrogen-bond donors (Lipinski definition) is 3. The lowest BCUT2D eigenvalue weighted by Crippen LogP contribution is -2.54. The van der Waals surface area contributed by atoms with Gasteiger partial charge in [0, 0.05) is 39.1 Å². The average Bonchev–Trinajstić information content (AvgIpc) is 2.97. The maximum Gasteiger partial charge on any atom is 0.408 e. The van der Waals surface area contributed by atoms with Crippen molar-refractivity contribution in [3.63, 3.8) is 0 Å². The zero-order valence-corrected chi connectivity index (χ0v) is 19.8. The lowest BCUT2D eigenvalue weighted by molar-refractivity contribution is 0.0474. The maximum atomic E-state index is 11.9. The number of nitrogens with zero attached hydrogens (tertiary/aromatic N) is 3. The molecule has 0 spiro atoms. The fraction of sp³-hybridized carbons (Fsp3) is 0.722. The molecule has 9 heteroatoms. The number of ether oxygens (including phenoxy) is 1. The van der Waals surface area contributed by atoms with E-state index in [1.807, 2.05) is 51.6 Å². The summed E-state index contributed by atoms with van der Waals surface area (Å²) in [5.41, 5.74) is -1.00. The lowest BCUT2D eigenvalue weighted by atomic mass is 10.1. The number of carbonyl (C=O) groups is 1. The van der Waals surface area contributed by atoms with Crippen LogP contribution in [0.15, 0.2) is 23.5 Å². The lowest BCUT2D eigenvalue weighted by Gasteiger charge is -2.29. The number of rotatable bonds is 7. The van der Waals surface area contributed by atoms with Crippen LogP contribution in [0.25, 0.3) is 0 Å². The number of amides is 1. The minimum absolute atomic E-state index is 0. The summed E-state index contributed by atoms with van der Waals surface area (Å²) in [7, 11) is 1.72. The van der Waals surface area contributed by atoms with Gasteiger partial charge in [0.1, 0.15) is 5.60 Å². The zero-order chi connectivity index (χ0) is 19.8. The number of aromatic nitrogens is 2. The molecule has 1 aromatic rings. The third kappa shape index (κ3) is 11.7. The highest BCUT2D eigenvalue weighted by Crippen LogP contribution is 2.09. The summed E-state index contributed by atoms with van der Waals surface area (Å²) < 4.78 is 7.22. The summed E-state index contributed by atoms with van der Waals surface area (Å²) in [5.74, 6) is 1.08. The predicted molar refractivity (Wildman–Crippen MR) is 120 cm³/mol. The Hall–Kier alpha value is -1.52. The van der Waals surface area contributed by atoms with E-state index >= 15 is 0 Å². The quantitative estimate of drug-likeness (QED) is 0.308. The van der Waals surface area contributed by atoms with E-state index in [9.17, 15) is 4.79 Å². The first-order valence-electron chi connectivity index (χ1n) is 8.94. The van der Waals surface area contributed by atoms with Crippen molar-refractivity contribution in [2.24, 2.45) is 10.9 Å². The van der Waals surface area contributed by atoms with Crippen molar-refractivity contribution in [1.29, 1.82) is 0 Å². The molecule has 1 amide bonds. The first kappa shape index (κ1) is 25.5. The normalized spacial score (nSPS) is 13.4. The molecule has 0 bridgehead atoms. The van der Waals surface area contributed by atoms with Crippen LogP contribution in [0.2, 0.25) is 0 Å².